The number of ether oxygens (including phenoxy) is 1. The maximum absolute atomic E-state index is 14.4. The molecular weight excluding hydrogens is 555 g/mol. The van der Waals surface area contributed by atoms with Crippen LogP contribution in [0.5, 0.6) is 0 Å². The molecule has 0 aromatic carbocycles. The van der Waals surface area contributed by atoms with Gasteiger partial charge in [0.05, 0.1) is 29.8 Å². The molecule has 0 heterocycles. The van der Waals surface area contributed by atoms with Gasteiger partial charge >= 0.3 is 6.36 Å². The van der Waals surface area contributed by atoms with Crippen molar-refractivity contribution in [1.82, 2.24) is 4.90 Å². The number of ketones is 3. The van der Waals surface area contributed by atoms with Gasteiger partial charge in [0.2, 0.25) is 0 Å². The molecule has 9 unspecified atom stereocenters. The minimum atomic E-state index is -4.69. The van der Waals surface area contributed by atoms with Crippen LogP contribution in [-0.4, -0.2) is 88.5 Å². The van der Waals surface area contributed by atoms with E-state index in [0.29, 0.717) is 32.1 Å². The second-order valence-electron chi connectivity index (χ2n) is 14.8. The van der Waals surface area contributed by atoms with Crippen LogP contribution in [0.3, 0.4) is 0 Å². The van der Waals surface area contributed by atoms with Crippen molar-refractivity contribution in [3.05, 3.63) is 0 Å². The van der Waals surface area contributed by atoms with Gasteiger partial charge in [0.25, 0.3) is 0 Å². The maximum atomic E-state index is 14.4. The Morgan fingerprint density at radius 3 is 2.12 bits per heavy atom. The standard InChI is InChI=1S/C31H46F3NO7/c1-14(36)22-21(37)13-29(2)12-16-10-19-20(35(4)5)11-18(15-6-8-17(9-7-15)42-31(32,33)34)25(38)24(19)26(39)23(16)28(41)30(29,3)27(22)40/h14-20,22-25,28,36,38,41H,6-13H2,1-5H3/t14?,15?,16-,17?,18?,19?,20?,22?,23?,24?,25?,28?,29-,30-/m0/s1. The molecule has 11 heteroatoms. The number of halogens is 3. The predicted octanol–water partition coefficient (Wildman–Crippen LogP) is 3.15. The Kier molecular flexibility index (Phi) is 8.30. The van der Waals surface area contributed by atoms with Crippen LogP contribution in [0.15, 0.2) is 0 Å². The van der Waals surface area contributed by atoms with Crippen LogP contribution in [0.25, 0.3) is 0 Å². The van der Waals surface area contributed by atoms with E-state index in [-0.39, 0.29) is 60.5 Å². The summed E-state index contributed by atoms with van der Waals surface area (Å²) in [4.78, 5) is 43.3. The Balaban J connectivity index is 1.43. The number of fused-ring (bicyclic) bond motifs is 3. The SMILES string of the molecule is CC(O)C1C(=O)C[C@]2(C)C[C@@H]3CC4C(C(=O)C3C(O)[C@]2(C)C1=O)C(O)C(C1CCC(OC(F)(F)F)CC1)CC4N(C)C. The van der Waals surface area contributed by atoms with Crippen LogP contribution in [0.4, 0.5) is 13.2 Å². The molecule has 3 N–H and O–H groups in total. The van der Waals surface area contributed by atoms with E-state index >= 15 is 0 Å². The Bertz CT molecular complexity index is 1090. The fourth-order valence-electron chi connectivity index (χ4n) is 10.2. The molecule has 5 aliphatic carbocycles. The number of aliphatic hydroxyl groups is 3. The zero-order valence-corrected chi connectivity index (χ0v) is 25.1. The number of hydrogen-bond acceptors (Lipinski definition) is 8. The van der Waals surface area contributed by atoms with E-state index in [4.69, 9.17) is 0 Å². The van der Waals surface area contributed by atoms with Crippen molar-refractivity contribution in [3.8, 4) is 0 Å². The summed E-state index contributed by atoms with van der Waals surface area (Å²) in [6.07, 6.45) is -6.18. The molecule has 5 fully saturated rings. The van der Waals surface area contributed by atoms with Crippen LogP contribution in [0.2, 0.25) is 0 Å². The second kappa shape index (κ2) is 10.9. The van der Waals surface area contributed by atoms with E-state index < -0.39 is 65.1 Å². The Morgan fingerprint density at radius 1 is 0.952 bits per heavy atom. The van der Waals surface area contributed by atoms with Gasteiger partial charge in [0.15, 0.2) is 5.78 Å². The van der Waals surface area contributed by atoms with Gasteiger partial charge in [-0.2, -0.15) is 0 Å². The molecular formula is C31H46F3NO7. The van der Waals surface area contributed by atoms with Crippen LogP contribution in [0, 0.1) is 52.3 Å². The van der Waals surface area contributed by atoms with Gasteiger partial charge in [-0.15, -0.1) is 13.2 Å². The van der Waals surface area contributed by atoms with Crippen LogP contribution in [-0.2, 0) is 19.1 Å². The predicted molar refractivity (Wildman–Crippen MR) is 145 cm³/mol. The number of carbonyl (C=O) groups excluding carboxylic acids is 3. The summed E-state index contributed by atoms with van der Waals surface area (Å²) in [6, 6.07) is -0.0510. The van der Waals surface area contributed by atoms with Crippen molar-refractivity contribution in [1.29, 1.82) is 0 Å². The van der Waals surface area contributed by atoms with Gasteiger partial charge < -0.3 is 20.2 Å². The van der Waals surface area contributed by atoms with Gasteiger partial charge in [-0.3, -0.25) is 19.1 Å². The van der Waals surface area contributed by atoms with E-state index in [9.17, 15) is 42.9 Å². The Labute approximate surface area is 245 Å². The lowest BCUT2D eigenvalue weighted by Gasteiger charge is -2.63. The molecule has 0 aromatic rings. The number of alkyl halides is 3. The third-order valence-electron chi connectivity index (χ3n) is 12.4. The first-order valence-electron chi connectivity index (χ1n) is 15.5. The monoisotopic (exact) mass is 601 g/mol. The Hall–Kier alpha value is -1.40. The number of rotatable bonds is 4. The van der Waals surface area contributed by atoms with Crippen molar-refractivity contribution in [2.24, 2.45) is 52.3 Å². The first-order valence-corrected chi connectivity index (χ1v) is 15.5. The van der Waals surface area contributed by atoms with Gasteiger partial charge in [-0.05, 0) is 102 Å². The quantitative estimate of drug-likeness (QED) is 0.420. The van der Waals surface area contributed by atoms with Gasteiger partial charge in [-0.1, -0.05) is 6.92 Å². The van der Waals surface area contributed by atoms with Gasteiger partial charge in [0.1, 0.15) is 17.5 Å². The van der Waals surface area contributed by atoms with E-state index in [1.165, 1.54) is 6.92 Å². The minimum absolute atomic E-state index is 0.0376. The molecule has 0 radical (unpaired) electrons. The largest absolute Gasteiger partial charge is 0.522 e. The Morgan fingerprint density at radius 2 is 1.57 bits per heavy atom. The molecule has 0 aromatic heterocycles. The summed E-state index contributed by atoms with van der Waals surface area (Å²) in [5.41, 5.74) is -2.29. The van der Waals surface area contributed by atoms with Crippen molar-refractivity contribution in [2.45, 2.75) is 109 Å². The molecule has 0 spiro atoms. The number of aliphatic hydroxyl groups excluding tert-OH is 3. The summed E-state index contributed by atoms with van der Waals surface area (Å²) in [6.45, 7) is 4.86. The summed E-state index contributed by atoms with van der Waals surface area (Å²) in [5, 5.41) is 34.0. The molecule has 5 aliphatic rings. The summed E-state index contributed by atoms with van der Waals surface area (Å²) in [5.74, 6) is -4.83. The van der Waals surface area contributed by atoms with Crippen LogP contribution in [0.1, 0.15) is 72.1 Å². The van der Waals surface area contributed by atoms with Crippen molar-refractivity contribution < 1.29 is 47.6 Å². The highest BCUT2D eigenvalue weighted by Gasteiger charge is 2.70. The lowest BCUT2D eigenvalue weighted by molar-refractivity contribution is -0.346. The average Bonchev–Trinajstić information content (AvgIpc) is 2.85. The van der Waals surface area contributed by atoms with Crippen molar-refractivity contribution in [2.75, 3.05) is 14.1 Å². The summed E-state index contributed by atoms with van der Waals surface area (Å²) < 4.78 is 42.6. The summed E-state index contributed by atoms with van der Waals surface area (Å²) >= 11 is 0. The first-order chi connectivity index (χ1) is 19.4. The highest BCUT2D eigenvalue weighted by molar-refractivity contribution is 6.09. The van der Waals surface area contributed by atoms with E-state index in [1.54, 1.807) is 6.92 Å². The minimum Gasteiger partial charge on any atom is -0.392 e. The number of nitrogens with zero attached hydrogens (tertiary/aromatic N) is 1. The van der Waals surface area contributed by atoms with Crippen molar-refractivity contribution in [3.63, 3.8) is 0 Å². The maximum Gasteiger partial charge on any atom is 0.522 e. The fraction of sp³-hybridized carbons (Fsp3) is 0.903. The first kappa shape index (κ1) is 32.0. The smallest absolute Gasteiger partial charge is 0.392 e. The average molecular weight is 602 g/mol. The van der Waals surface area contributed by atoms with Gasteiger partial charge in [0, 0.05) is 24.3 Å². The highest BCUT2D eigenvalue weighted by atomic mass is 19.4. The molecule has 5 saturated carbocycles. The number of carbonyl (C=O) groups is 3. The van der Waals surface area contributed by atoms with Crippen molar-refractivity contribution >= 4 is 17.3 Å². The third kappa shape index (κ3) is 4.99. The van der Waals surface area contributed by atoms with Crippen LogP contribution < -0.4 is 0 Å². The molecule has 0 bridgehead atoms. The van der Waals surface area contributed by atoms with E-state index in [0.717, 1.165) is 0 Å². The highest BCUT2D eigenvalue weighted by Crippen LogP contribution is 2.64. The second-order valence-corrected chi connectivity index (χ2v) is 14.8. The van der Waals surface area contributed by atoms with Crippen LogP contribution >= 0.6 is 0 Å². The molecule has 8 nitrogen and oxygen atoms in total. The molecule has 238 valence electrons. The molecule has 42 heavy (non-hydrogen) atoms. The zero-order valence-electron chi connectivity index (χ0n) is 25.1. The lowest BCUT2D eigenvalue weighted by Crippen LogP contribution is -2.70. The number of hydrogen-bond donors (Lipinski definition) is 3. The van der Waals surface area contributed by atoms with Gasteiger partial charge in [-0.25, -0.2) is 0 Å². The molecule has 12 atom stereocenters. The fourth-order valence-corrected chi connectivity index (χ4v) is 10.2. The zero-order chi connectivity index (χ0) is 31.1. The molecule has 0 saturated heterocycles. The van der Waals surface area contributed by atoms with E-state index in [1.807, 2.05) is 21.0 Å². The molecule has 0 amide bonds. The normalized spacial score (nSPS) is 48.9. The number of Topliss-reactive ketones (excluding diaryl/α,β-unsaturated/α-hetero) is 3. The third-order valence-corrected chi connectivity index (χ3v) is 12.4. The molecule has 5 rings (SSSR count). The lowest BCUT2D eigenvalue weighted by atomic mass is 9.41. The summed E-state index contributed by atoms with van der Waals surface area (Å²) in [7, 11) is 3.87. The van der Waals surface area contributed by atoms with E-state index in [2.05, 4.69) is 9.64 Å². The topological polar surface area (TPSA) is 124 Å². The molecule has 0 aliphatic heterocycles.